The first-order chi connectivity index (χ1) is 16.8. The maximum Gasteiger partial charge on any atom is 0.255 e. The van der Waals surface area contributed by atoms with Crippen molar-refractivity contribution in [1.82, 2.24) is 10.2 Å². The molecule has 1 saturated heterocycles. The number of benzene rings is 2. The number of likely N-dealkylation sites (tertiary alicyclic amines) is 1. The molecule has 1 aromatic heterocycles. The first-order valence-corrected chi connectivity index (χ1v) is 12.9. The van der Waals surface area contributed by atoms with Gasteiger partial charge < -0.3 is 20.4 Å². The van der Waals surface area contributed by atoms with Gasteiger partial charge in [0.25, 0.3) is 11.8 Å². The number of hydrogen-bond acceptors (Lipinski definition) is 5. The van der Waals surface area contributed by atoms with E-state index in [1.54, 1.807) is 4.90 Å². The lowest BCUT2D eigenvalue weighted by Gasteiger charge is -2.28. The van der Waals surface area contributed by atoms with Gasteiger partial charge >= 0.3 is 0 Å². The first-order valence-electron chi connectivity index (χ1n) is 11.6. The second-order valence-electron chi connectivity index (χ2n) is 8.90. The fraction of sp³-hybridized carbons (Fsp3) is 0.333. The lowest BCUT2D eigenvalue weighted by Crippen LogP contribution is -2.50. The Labute approximate surface area is 214 Å². The monoisotopic (exact) mass is 512 g/mol. The van der Waals surface area contributed by atoms with Gasteiger partial charge in [-0.05, 0) is 60.4 Å². The van der Waals surface area contributed by atoms with E-state index >= 15 is 0 Å². The lowest BCUT2D eigenvalue weighted by molar-refractivity contribution is -0.153. The molecule has 2 heterocycles. The molecular formula is C27H29ClN2O4S. The van der Waals surface area contributed by atoms with Crippen molar-refractivity contribution in [2.24, 2.45) is 0 Å². The van der Waals surface area contributed by atoms with Gasteiger partial charge in [0.1, 0.15) is 0 Å². The van der Waals surface area contributed by atoms with E-state index in [0.29, 0.717) is 18.0 Å². The van der Waals surface area contributed by atoms with Gasteiger partial charge in [-0.3, -0.25) is 9.59 Å². The molecule has 1 fully saturated rings. The highest BCUT2D eigenvalue weighted by Crippen LogP contribution is 2.33. The van der Waals surface area contributed by atoms with Crippen LogP contribution < -0.4 is 5.32 Å². The number of aliphatic hydroxyl groups is 2. The Morgan fingerprint density at radius 3 is 2.71 bits per heavy atom. The molecule has 3 N–H and O–H groups in total. The number of hydrogen-bond donors (Lipinski definition) is 3. The first kappa shape index (κ1) is 25.4. The summed E-state index contributed by atoms with van der Waals surface area (Å²) in [6.45, 7) is 2.66. The second-order valence-corrected chi connectivity index (χ2v) is 10.3. The third-order valence-corrected chi connectivity index (χ3v) is 7.64. The predicted molar refractivity (Wildman–Crippen MR) is 137 cm³/mol. The van der Waals surface area contributed by atoms with E-state index in [1.165, 1.54) is 11.3 Å². The molecule has 184 valence electrons. The molecule has 0 spiro atoms. The molecule has 0 saturated carbocycles. The molecule has 0 bridgehead atoms. The number of nitrogens with zero attached hydrogens (tertiary/aromatic N) is 1. The molecule has 0 aliphatic carbocycles. The van der Waals surface area contributed by atoms with Crippen LogP contribution in [-0.2, 0) is 22.6 Å². The van der Waals surface area contributed by atoms with Gasteiger partial charge in [0.2, 0.25) is 0 Å². The van der Waals surface area contributed by atoms with Crippen molar-refractivity contribution >= 4 is 34.8 Å². The Bertz CT molecular complexity index is 1200. The van der Waals surface area contributed by atoms with Crippen molar-refractivity contribution in [2.75, 3.05) is 6.54 Å². The Morgan fingerprint density at radius 1 is 1.14 bits per heavy atom. The van der Waals surface area contributed by atoms with Gasteiger partial charge in [0, 0.05) is 16.4 Å². The zero-order chi connectivity index (χ0) is 24.9. The molecule has 1 aliphatic heterocycles. The van der Waals surface area contributed by atoms with Gasteiger partial charge in [-0.2, -0.15) is 0 Å². The molecule has 1 aliphatic rings. The molecule has 2 aromatic carbocycles. The molecule has 4 rings (SSSR count). The van der Waals surface area contributed by atoms with E-state index in [2.05, 4.69) is 5.32 Å². The number of amides is 2. The summed E-state index contributed by atoms with van der Waals surface area (Å²) in [4.78, 5) is 27.9. The summed E-state index contributed by atoms with van der Waals surface area (Å²) in [6, 6.07) is 17.4. The molecule has 3 atom stereocenters. The number of carbonyl (C=O) groups excluding carboxylic acids is 2. The maximum atomic E-state index is 13.0. The minimum atomic E-state index is -1.84. The highest BCUT2D eigenvalue weighted by molar-refractivity contribution is 7.10. The van der Waals surface area contributed by atoms with Crippen molar-refractivity contribution in [3.05, 3.63) is 92.1 Å². The zero-order valence-corrected chi connectivity index (χ0v) is 21.1. The zero-order valence-electron chi connectivity index (χ0n) is 19.5. The van der Waals surface area contributed by atoms with Crippen molar-refractivity contribution in [2.45, 2.75) is 51.0 Å². The van der Waals surface area contributed by atoms with E-state index in [-0.39, 0.29) is 12.6 Å². The van der Waals surface area contributed by atoms with Gasteiger partial charge in [-0.1, -0.05) is 59.6 Å². The fourth-order valence-corrected chi connectivity index (χ4v) is 5.49. The van der Waals surface area contributed by atoms with Crippen molar-refractivity contribution in [1.29, 1.82) is 0 Å². The molecule has 35 heavy (non-hydrogen) atoms. The Morgan fingerprint density at radius 2 is 1.94 bits per heavy atom. The van der Waals surface area contributed by atoms with Crippen LogP contribution in [0, 0.1) is 6.92 Å². The molecule has 2 amide bonds. The van der Waals surface area contributed by atoms with Crippen LogP contribution >= 0.6 is 22.9 Å². The average Bonchev–Trinajstić information content (AvgIpc) is 3.52. The van der Waals surface area contributed by atoms with Crippen molar-refractivity contribution < 1.29 is 19.8 Å². The summed E-state index contributed by atoms with van der Waals surface area (Å²) in [6.07, 6.45) is -1.41. The summed E-state index contributed by atoms with van der Waals surface area (Å²) in [5.74, 6) is -1.41. The molecule has 0 radical (unpaired) electrons. The van der Waals surface area contributed by atoms with Crippen LogP contribution in [-0.4, -0.2) is 45.7 Å². The highest BCUT2D eigenvalue weighted by Gasteiger charge is 2.38. The van der Waals surface area contributed by atoms with Crippen molar-refractivity contribution in [3.63, 3.8) is 0 Å². The Balaban J connectivity index is 1.32. The molecular weight excluding hydrogens is 484 g/mol. The van der Waals surface area contributed by atoms with E-state index < -0.39 is 24.0 Å². The summed E-state index contributed by atoms with van der Waals surface area (Å²) >= 11 is 7.72. The van der Waals surface area contributed by atoms with E-state index in [1.807, 2.05) is 66.9 Å². The minimum Gasteiger partial charge on any atom is -0.380 e. The van der Waals surface area contributed by atoms with Crippen LogP contribution in [0.15, 0.2) is 60.0 Å². The maximum absolute atomic E-state index is 13.0. The summed E-state index contributed by atoms with van der Waals surface area (Å²) in [7, 11) is 0. The van der Waals surface area contributed by atoms with Crippen LogP contribution in [0.1, 0.15) is 46.0 Å². The number of rotatable bonds is 8. The van der Waals surface area contributed by atoms with Crippen LogP contribution in [0.5, 0.6) is 0 Å². The number of halogens is 1. The third kappa shape index (κ3) is 6.11. The average molecular weight is 513 g/mol. The van der Waals surface area contributed by atoms with Crippen LogP contribution in [0.4, 0.5) is 0 Å². The number of nitrogens with one attached hydrogen (secondary N) is 1. The predicted octanol–water partition coefficient (Wildman–Crippen LogP) is 4.00. The van der Waals surface area contributed by atoms with E-state index in [9.17, 15) is 19.8 Å². The second kappa shape index (κ2) is 11.4. The van der Waals surface area contributed by atoms with Gasteiger partial charge in [0.05, 0.1) is 12.6 Å². The summed E-state index contributed by atoms with van der Waals surface area (Å²) in [5, 5.41) is 26.3. The van der Waals surface area contributed by atoms with Crippen LogP contribution in [0.25, 0.3) is 0 Å². The number of aryl methyl sites for hydroxylation is 1. The highest BCUT2D eigenvalue weighted by atomic mass is 35.5. The number of thiophene rings is 1. The van der Waals surface area contributed by atoms with E-state index in [0.717, 1.165) is 40.0 Å². The largest absolute Gasteiger partial charge is 0.380 e. The van der Waals surface area contributed by atoms with Gasteiger partial charge in [0.15, 0.2) is 12.2 Å². The minimum absolute atomic E-state index is 0.171. The summed E-state index contributed by atoms with van der Waals surface area (Å²) in [5.41, 5.74) is 4.17. The van der Waals surface area contributed by atoms with Gasteiger partial charge in [-0.15, -0.1) is 11.3 Å². The number of carbonyl (C=O) groups is 2. The smallest absolute Gasteiger partial charge is 0.255 e. The van der Waals surface area contributed by atoms with Crippen LogP contribution in [0.2, 0.25) is 5.02 Å². The van der Waals surface area contributed by atoms with E-state index in [4.69, 9.17) is 11.6 Å². The van der Waals surface area contributed by atoms with Gasteiger partial charge in [-0.25, -0.2) is 0 Å². The Hall–Kier alpha value is -2.71. The fourth-order valence-electron chi connectivity index (χ4n) is 4.45. The Kier molecular flexibility index (Phi) is 8.23. The SMILES string of the molecule is Cc1cccc([C@H]2CCCN2C(=O)[C@H](O)[C@@H](O)C(=O)NCc2cc(Cc3ccccc3Cl)cs2)c1. The quantitative estimate of drug-likeness (QED) is 0.425. The standard InChI is InChI=1S/C27H29ClN2O4S/c1-17-6-4-8-20(12-17)23-10-5-11-30(23)27(34)25(32)24(31)26(33)29-15-21-14-18(16-35-21)13-19-7-2-3-9-22(19)28/h2-4,6-9,12,14,16,23-25,31-32H,5,10-11,13,15H2,1H3,(H,29,33)/t23-,24-,25-/m1/s1. The summed E-state index contributed by atoms with van der Waals surface area (Å²) < 4.78 is 0. The molecule has 8 heteroatoms. The van der Waals surface area contributed by atoms with Crippen LogP contribution in [0.3, 0.4) is 0 Å². The molecule has 6 nitrogen and oxygen atoms in total. The lowest BCUT2D eigenvalue weighted by atomic mass is 10.0. The normalized spacial score (nSPS) is 17.3. The third-order valence-electron chi connectivity index (χ3n) is 6.28. The number of aliphatic hydroxyl groups excluding tert-OH is 2. The molecule has 3 aromatic rings. The topological polar surface area (TPSA) is 89.9 Å². The molecule has 0 unspecified atom stereocenters. The van der Waals surface area contributed by atoms with Crippen molar-refractivity contribution in [3.8, 4) is 0 Å².